The van der Waals surface area contributed by atoms with Crippen LogP contribution < -0.4 is 0 Å². The molecule has 0 aliphatic carbocycles. The van der Waals surface area contributed by atoms with Crippen LogP contribution in [0.5, 0.6) is 0 Å². The first-order valence-electron chi connectivity index (χ1n) is 22.7. The topological polar surface area (TPSA) is 201 Å². The van der Waals surface area contributed by atoms with E-state index in [4.69, 9.17) is 42.6 Å². The normalized spacial score (nSPS) is 42.5. The summed E-state index contributed by atoms with van der Waals surface area (Å²) in [5, 5.41) is 33.7. The Kier molecular flexibility index (Phi) is 20.6. The molecule has 4 aliphatic rings. The molecular formula is C46H78N2O15. The maximum Gasteiger partial charge on any atom is 0.309 e. The number of carbonyl (C=O) groups excluding carboxylic acids is 3. The zero-order chi connectivity index (χ0) is 46.8. The summed E-state index contributed by atoms with van der Waals surface area (Å²) in [7, 11) is 9.04. The number of aldehydes is 1. The lowest BCUT2D eigenvalue weighted by Crippen LogP contribution is -2.65. The molecule has 3 saturated heterocycles. The summed E-state index contributed by atoms with van der Waals surface area (Å²) in [4.78, 5) is 43.2. The van der Waals surface area contributed by atoms with Crippen LogP contribution in [0.3, 0.4) is 0 Å². The zero-order valence-electron chi connectivity index (χ0n) is 39.6. The molecule has 3 N–H and O–H groups in total. The highest BCUT2D eigenvalue weighted by molar-refractivity contribution is 5.72. The van der Waals surface area contributed by atoms with Crippen molar-refractivity contribution in [3.63, 3.8) is 0 Å². The van der Waals surface area contributed by atoms with Crippen molar-refractivity contribution in [1.29, 1.82) is 0 Å². The molecule has 19 atom stereocenters. The molecule has 0 aromatic carbocycles. The van der Waals surface area contributed by atoms with Crippen molar-refractivity contribution < 1.29 is 72.3 Å². The molecule has 0 bridgehead atoms. The third-order valence-electron chi connectivity index (χ3n) is 12.9. The second-order valence-electron chi connectivity index (χ2n) is 18.6. The highest BCUT2D eigenvalue weighted by atomic mass is 16.7. The maximum atomic E-state index is 13.5. The number of esters is 2. The van der Waals surface area contributed by atoms with Crippen molar-refractivity contribution in [3.8, 4) is 0 Å². The average molecular weight is 899 g/mol. The third kappa shape index (κ3) is 14.5. The zero-order valence-corrected chi connectivity index (χ0v) is 39.6. The molecule has 0 saturated carbocycles. The number of hydrogen-bond acceptors (Lipinski definition) is 17. The van der Waals surface area contributed by atoms with Gasteiger partial charge in [-0.25, -0.2) is 0 Å². The van der Waals surface area contributed by atoms with E-state index >= 15 is 0 Å². The molecule has 4 aliphatic heterocycles. The number of likely N-dealkylation sites (N-methyl/N-ethyl adjacent to an activating group) is 2. The number of carbonyl (C=O) groups is 3. The Morgan fingerprint density at radius 1 is 0.905 bits per heavy atom. The van der Waals surface area contributed by atoms with E-state index in [0.29, 0.717) is 19.3 Å². The van der Waals surface area contributed by atoms with Crippen LogP contribution in [0.2, 0.25) is 0 Å². The minimum Gasteiger partial charge on any atom is -0.462 e. The molecule has 3 fully saturated rings. The number of nitrogens with zero attached hydrogens (tertiary/aromatic N) is 2. The molecule has 63 heavy (non-hydrogen) atoms. The Bertz CT molecular complexity index is 1490. The van der Waals surface area contributed by atoms with Gasteiger partial charge in [0.1, 0.15) is 42.9 Å². The van der Waals surface area contributed by atoms with Crippen molar-refractivity contribution in [3.05, 3.63) is 24.3 Å². The lowest BCUT2D eigenvalue weighted by Gasteiger charge is -2.50. The van der Waals surface area contributed by atoms with Crippen LogP contribution in [0.4, 0.5) is 0 Å². The van der Waals surface area contributed by atoms with E-state index in [2.05, 4.69) is 4.90 Å². The molecule has 0 spiro atoms. The minimum absolute atomic E-state index is 0.0117. The Hall–Kier alpha value is -2.39. The predicted molar refractivity (Wildman–Crippen MR) is 231 cm³/mol. The summed E-state index contributed by atoms with van der Waals surface area (Å²) in [6.07, 6.45) is -1.76. The van der Waals surface area contributed by atoms with Crippen LogP contribution in [0.25, 0.3) is 0 Å². The Labute approximate surface area is 374 Å². The summed E-state index contributed by atoms with van der Waals surface area (Å²) in [6.45, 7) is 12.4. The molecule has 17 nitrogen and oxygen atoms in total. The van der Waals surface area contributed by atoms with Crippen LogP contribution >= 0.6 is 0 Å². The van der Waals surface area contributed by atoms with Crippen molar-refractivity contribution in [2.24, 2.45) is 11.8 Å². The summed E-state index contributed by atoms with van der Waals surface area (Å²) in [6, 6.07) is -0.510. The molecule has 4 rings (SSSR count). The average Bonchev–Trinajstić information content (AvgIpc) is 3.19. The van der Waals surface area contributed by atoms with Crippen LogP contribution in [0.1, 0.15) is 99.8 Å². The molecule has 0 aromatic heterocycles. The fraction of sp³-hybridized carbons (Fsp3) is 0.848. The van der Waals surface area contributed by atoms with Gasteiger partial charge in [-0.3, -0.25) is 9.59 Å². The number of ether oxygens (including phenoxy) is 9. The molecule has 0 amide bonds. The second kappa shape index (κ2) is 24.4. The van der Waals surface area contributed by atoms with Gasteiger partial charge in [-0.1, -0.05) is 38.2 Å². The van der Waals surface area contributed by atoms with E-state index < -0.39 is 109 Å². The maximum absolute atomic E-state index is 13.5. The van der Waals surface area contributed by atoms with Gasteiger partial charge in [-0.15, -0.1) is 0 Å². The van der Waals surface area contributed by atoms with Crippen molar-refractivity contribution >= 4 is 18.2 Å². The van der Waals surface area contributed by atoms with E-state index in [0.717, 1.165) is 12.7 Å². The van der Waals surface area contributed by atoms with Gasteiger partial charge in [0.15, 0.2) is 18.9 Å². The highest BCUT2D eigenvalue weighted by Gasteiger charge is 2.52. The third-order valence-corrected chi connectivity index (χ3v) is 12.9. The van der Waals surface area contributed by atoms with Crippen LogP contribution in [-0.2, 0) is 57.0 Å². The fourth-order valence-corrected chi connectivity index (χ4v) is 9.44. The monoisotopic (exact) mass is 899 g/mol. The van der Waals surface area contributed by atoms with Gasteiger partial charge >= 0.3 is 11.9 Å². The summed E-state index contributed by atoms with van der Waals surface area (Å²) in [5.74, 6) is -2.12. The summed E-state index contributed by atoms with van der Waals surface area (Å²) < 4.78 is 56.7. The fourth-order valence-electron chi connectivity index (χ4n) is 9.44. The molecule has 0 aromatic rings. The SMILES string of the molecule is CCC(=O)O[C@@H]1CC(=O)O[C@H](C)CC=CC=C[C@H](O[C@H]2CC[C@H](N(C)C)[C@@H](C)O2)[C@H](C)C[C@H](CC=O)[C@H](O[C@@H]2O[C@H](C)[C@@H](O[C@H]3C[C@@](C)(O)[C@@H](O)[C@H](C)O3)[C@H](N(C)C)[C@H]2O)[C@H]1OC. The highest BCUT2D eigenvalue weighted by Crippen LogP contribution is 2.38. The Morgan fingerprint density at radius 3 is 2.21 bits per heavy atom. The number of hydrogen-bond donors (Lipinski definition) is 3. The summed E-state index contributed by atoms with van der Waals surface area (Å²) >= 11 is 0. The first-order chi connectivity index (χ1) is 29.7. The van der Waals surface area contributed by atoms with Gasteiger partial charge in [-0.05, 0) is 93.9 Å². The van der Waals surface area contributed by atoms with E-state index in [9.17, 15) is 29.7 Å². The van der Waals surface area contributed by atoms with Gasteiger partial charge in [0, 0.05) is 38.8 Å². The van der Waals surface area contributed by atoms with Gasteiger partial charge in [0.2, 0.25) is 0 Å². The standard InChI is InChI=1S/C46H78N2O15/c1-13-35(50)60-34-24-36(51)56-27(3)17-15-14-16-18-33(61-37-20-19-32(47(8)9)28(4)57-37)26(2)23-31(21-22-49)42(43(34)55-12)63-45-40(52)39(48(10)11)41(29(5)59-45)62-38-25-46(7,54)44(53)30(6)58-38/h14-16,18,22,26-34,37-45,52-54H,13,17,19-21,23-25H2,1-12H3/t26-,27-,28-,29-,30+,31+,32+,33+,34-,37+,38+,39-,40-,41-,42+,43+,44+,45+,46-/m1/s1. The number of aliphatic hydroxyl groups excluding tert-OH is 2. The minimum atomic E-state index is -1.49. The first kappa shape index (κ1) is 53.2. The number of methoxy groups -OCH3 is 1. The second-order valence-corrected chi connectivity index (χ2v) is 18.6. The van der Waals surface area contributed by atoms with Crippen molar-refractivity contribution in [2.75, 3.05) is 35.3 Å². The van der Waals surface area contributed by atoms with Crippen LogP contribution in [0, 0.1) is 11.8 Å². The lowest BCUT2D eigenvalue weighted by molar-refractivity contribution is -0.344. The Morgan fingerprint density at radius 2 is 1.60 bits per heavy atom. The van der Waals surface area contributed by atoms with E-state index in [1.807, 2.05) is 52.2 Å². The molecule has 0 radical (unpaired) electrons. The van der Waals surface area contributed by atoms with E-state index in [1.54, 1.807) is 46.7 Å². The first-order valence-corrected chi connectivity index (χ1v) is 22.7. The predicted octanol–water partition coefficient (Wildman–Crippen LogP) is 3.29. The van der Waals surface area contributed by atoms with Gasteiger partial charge in [0.05, 0.1) is 48.6 Å². The lowest BCUT2D eigenvalue weighted by atomic mass is 9.82. The summed E-state index contributed by atoms with van der Waals surface area (Å²) in [5.41, 5.74) is -1.49. The van der Waals surface area contributed by atoms with Crippen LogP contribution in [0.15, 0.2) is 24.3 Å². The molecule has 17 heteroatoms. The molecule has 0 unspecified atom stereocenters. The molecular weight excluding hydrogens is 821 g/mol. The number of allylic oxidation sites excluding steroid dienone is 2. The number of rotatable bonds is 13. The van der Waals surface area contributed by atoms with Gasteiger partial charge in [-0.2, -0.15) is 0 Å². The quantitative estimate of drug-likeness (QED) is 0.180. The van der Waals surface area contributed by atoms with Gasteiger partial charge in [0.25, 0.3) is 0 Å². The van der Waals surface area contributed by atoms with Crippen LogP contribution in [-0.4, -0.2) is 182 Å². The van der Waals surface area contributed by atoms with E-state index in [-0.39, 0.29) is 43.7 Å². The Balaban J connectivity index is 1.74. The number of aliphatic hydroxyl groups is 3. The van der Waals surface area contributed by atoms with Crippen molar-refractivity contribution in [2.45, 2.75) is 204 Å². The van der Waals surface area contributed by atoms with Crippen molar-refractivity contribution in [1.82, 2.24) is 9.80 Å². The molecule has 4 heterocycles. The molecule has 362 valence electrons. The largest absolute Gasteiger partial charge is 0.462 e. The van der Waals surface area contributed by atoms with E-state index in [1.165, 1.54) is 14.0 Å². The van der Waals surface area contributed by atoms with Gasteiger partial charge < -0.3 is 72.5 Å². The smallest absolute Gasteiger partial charge is 0.309 e. The number of cyclic esters (lactones) is 1.